The highest BCUT2D eigenvalue weighted by Crippen LogP contribution is 2.47. The Morgan fingerprint density at radius 2 is 0.980 bits per heavy atom. The first-order valence-corrected chi connectivity index (χ1v) is 18.3. The van der Waals surface area contributed by atoms with Crippen molar-refractivity contribution < 1.29 is 0 Å². The van der Waals surface area contributed by atoms with E-state index in [0.29, 0.717) is 0 Å². The third-order valence-corrected chi connectivity index (χ3v) is 11.7. The predicted octanol–water partition coefficient (Wildman–Crippen LogP) is 14.1. The third kappa shape index (κ3) is 4.29. The molecule has 0 fully saturated rings. The van der Waals surface area contributed by atoms with Crippen molar-refractivity contribution in [2.24, 2.45) is 0 Å². The second-order valence-electron chi connectivity index (χ2n) is 13.3. The molecule has 51 heavy (non-hydrogen) atoms. The number of fused-ring (bicyclic) bond motifs is 11. The second-order valence-corrected chi connectivity index (χ2v) is 14.4. The van der Waals surface area contributed by atoms with Crippen molar-refractivity contribution in [3.63, 3.8) is 0 Å². The number of aromatic nitrogens is 1. The molecule has 9 aromatic carbocycles. The zero-order chi connectivity index (χ0) is 33.5. The summed E-state index contributed by atoms with van der Waals surface area (Å²) < 4.78 is 5.00. The third-order valence-electron chi connectivity index (χ3n) is 10.5. The quantitative estimate of drug-likeness (QED) is 0.170. The highest BCUT2D eigenvalue weighted by atomic mass is 32.1. The molecule has 0 aliphatic rings. The number of hydrogen-bond donors (Lipinski definition) is 0. The van der Waals surface area contributed by atoms with Crippen LogP contribution in [0.1, 0.15) is 0 Å². The summed E-state index contributed by atoms with van der Waals surface area (Å²) in [6, 6.07) is 66.9. The molecule has 0 saturated carbocycles. The van der Waals surface area contributed by atoms with E-state index in [1.807, 2.05) is 11.3 Å². The summed E-state index contributed by atoms with van der Waals surface area (Å²) in [5.74, 6) is 0. The molecular weight excluding hydrogens is 637 g/mol. The standard InChI is InChI=1S/C48H30N2S/c1-2-14-33(15-3-1)50-43-20-10-8-18-38(43)41-29-34(23-26-44(41)50)49(35-24-27-47-42(30-35)39-19-9-11-21-46(39)51-47)45-28-32-13-5-7-17-37(32)48-36-16-6-4-12-31(36)22-25-40(45)48/h1-30H. The fourth-order valence-electron chi connectivity index (χ4n) is 8.27. The van der Waals surface area contributed by atoms with Crippen LogP contribution >= 0.6 is 11.3 Å². The predicted molar refractivity (Wildman–Crippen MR) is 221 cm³/mol. The van der Waals surface area contributed by atoms with Gasteiger partial charge in [-0.05, 0) is 93.7 Å². The van der Waals surface area contributed by atoms with Gasteiger partial charge in [0.05, 0.1) is 16.7 Å². The Hall–Kier alpha value is -6.42. The number of nitrogens with zero attached hydrogens (tertiary/aromatic N) is 2. The van der Waals surface area contributed by atoms with Gasteiger partial charge in [0.2, 0.25) is 0 Å². The first kappa shape index (κ1) is 28.4. The molecule has 0 aliphatic carbocycles. The summed E-state index contributed by atoms with van der Waals surface area (Å²) in [5, 5.41) is 12.6. The van der Waals surface area contributed by atoms with Gasteiger partial charge in [-0.2, -0.15) is 0 Å². The smallest absolute Gasteiger partial charge is 0.0546 e. The SMILES string of the molecule is c1ccc(-n2c3ccccc3c3cc(N(c4ccc5sc6ccccc6c5c4)c4cc5ccccc5c5c4ccc4ccccc45)ccc32)cc1. The molecule has 2 aromatic heterocycles. The molecule has 0 saturated heterocycles. The van der Waals surface area contributed by atoms with Gasteiger partial charge in [-0.1, -0.05) is 115 Å². The normalized spacial score (nSPS) is 11.9. The zero-order valence-corrected chi connectivity index (χ0v) is 28.4. The number of benzene rings is 9. The van der Waals surface area contributed by atoms with Gasteiger partial charge < -0.3 is 9.47 Å². The Balaban J connectivity index is 1.25. The summed E-state index contributed by atoms with van der Waals surface area (Å²) in [6.45, 7) is 0. The van der Waals surface area contributed by atoms with E-state index in [0.717, 1.165) is 17.1 Å². The average Bonchev–Trinajstić information content (AvgIpc) is 3.73. The minimum absolute atomic E-state index is 1.13. The van der Waals surface area contributed by atoms with Crippen LogP contribution < -0.4 is 4.90 Å². The van der Waals surface area contributed by atoms with Crippen molar-refractivity contribution in [1.82, 2.24) is 4.57 Å². The van der Waals surface area contributed by atoms with Crippen LogP contribution in [0.5, 0.6) is 0 Å². The molecule has 0 N–H and O–H groups in total. The molecule has 11 aromatic rings. The number of hydrogen-bond acceptors (Lipinski definition) is 2. The maximum atomic E-state index is 2.49. The Labute approximate surface area is 298 Å². The lowest BCUT2D eigenvalue weighted by Gasteiger charge is -2.28. The van der Waals surface area contributed by atoms with E-state index in [1.54, 1.807) is 0 Å². The van der Waals surface area contributed by atoms with Gasteiger partial charge in [-0.3, -0.25) is 0 Å². The lowest BCUT2D eigenvalue weighted by molar-refractivity contribution is 1.18. The molecule has 11 rings (SSSR count). The van der Waals surface area contributed by atoms with Crippen LogP contribution in [0, 0.1) is 0 Å². The number of rotatable bonds is 4. The number of para-hydroxylation sites is 2. The van der Waals surface area contributed by atoms with Crippen LogP contribution in [0.25, 0.3) is 80.0 Å². The van der Waals surface area contributed by atoms with Gasteiger partial charge in [0.15, 0.2) is 0 Å². The highest BCUT2D eigenvalue weighted by Gasteiger charge is 2.21. The van der Waals surface area contributed by atoms with Crippen molar-refractivity contribution in [1.29, 1.82) is 0 Å². The van der Waals surface area contributed by atoms with E-state index in [2.05, 4.69) is 191 Å². The summed E-state index contributed by atoms with van der Waals surface area (Å²) in [4.78, 5) is 2.49. The van der Waals surface area contributed by atoms with Crippen molar-refractivity contribution in [2.75, 3.05) is 4.90 Å². The topological polar surface area (TPSA) is 8.17 Å². The molecule has 2 nitrogen and oxygen atoms in total. The lowest BCUT2D eigenvalue weighted by atomic mass is 9.94. The van der Waals surface area contributed by atoms with Gasteiger partial charge in [0, 0.05) is 53.4 Å². The summed E-state index contributed by atoms with van der Waals surface area (Å²) >= 11 is 1.86. The molecule has 0 atom stereocenters. The molecule has 2 heterocycles. The van der Waals surface area contributed by atoms with Crippen LogP contribution in [0.4, 0.5) is 17.1 Å². The highest BCUT2D eigenvalue weighted by molar-refractivity contribution is 7.25. The van der Waals surface area contributed by atoms with E-state index in [-0.39, 0.29) is 0 Å². The first-order chi connectivity index (χ1) is 25.3. The van der Waals surface area contributed by atoms with E-state index in [1.165, 1.54) is 80.0 Å². The maximum Gasteiger partial charge on any atom is 0.0546 e. The van der Waals surface area contributed by atoms with Crippen molar-refractivity contribution in [2.45, 2.75) is 0 Å². The fraction of sp³-hybridized carbons (Fsp3) is 0. The monoisotopic (exact) mass is 666 g/mol. The summed E-state index contributed by atoms with van der Waals surface area (Å²) in [7, 11) is 0. The Kier molecular flexibility index (Phi) is 6.16. The molecule has 3 heteroatoms. The molecular formula is C48H30N2S. The molecule has 0 bridgehead atoms. The molecule has 0 radical (unpaired) electrons. The molecule has 0 aliphatic heterocycles. The van der Waals surface area contributed by atoms with Gasteiger partial charge in [-0.25, -0.2) is 0 Å². The van der Waals surface area contributed by atoms with Gasteiger partial charge >= 0.3 is 0 Å². The summed E-state index contributed by atoms with van der Waals surface area (Å²) in [5.41, 5.74) is 7.00. The Morgan fingerprint density at radius 3 is 1.82 bits per heavy atom. The van der Waals surface area contributed by atoms with Crippen LogP contribution in [0.15, 0.2) is 182 Å². The lowest BCUT2D eigenvalue weighted by Crippen LogP contribution is -2.10. The zero-order valence-electron chi connectivity index (χ0n) is 27.6. The second kappa shape index (κ2) is 11.0. The molecule has 238 valence electrons. The van der Waals surface area contributed by atoms with Gasteiger partial charge in [-0.15, -0.1) is 11.3 Å². The van der Waals surface area contributed by atoms with Gasteiger partial charge in [0.1, 0.15) is 0 Å². The maximum absolute atomic E-state index is 2.49. The molecule has 0 spiro atoms. The largest absolute Gasteiger partial charge is 0.310 e. The first-order valence-electron chi connectivity index (χ1n) is 17.4. The van der Waals surface area contributed by atoms with E-state index < -0.39 is 0 Å². The molecule has 0 unspecified atom stereocenters. The van der Waals surface area contributed by atoms with Crippen molar-refractivity contribution in [3.8, 4) is 5.69 Å². The van der Waals surface area contributed by atoms with Crippen LogP contribution in [0.3, 0.4) is 0 Å². The van der Waals surface area contributed by atoms with E-state index in [9.17, 15) is 0 Å². The van der Waals surface area contributed by atoms with Crippen molar-refractivity contribution >= 4 is 103 Å². The van der Waals surface area contributed by atoms with E-state index >= 15 is 0 Å². The Morgan fingerprint density at radius 1 is 0.373 bits per heavy atom. The minimum Gasteiger partial charge on any atom is -0.310 e. The van der Waals surface area contributed by atoms with Crippen LogP contribution in [-0.4, -0.2) is 4.57 Å². The minimum atomic E-state index is 1.13. The fourth-order valence-corrected chi connectivity index (χ4v) is 9.36. The molecule has 0 amide bonds. The van der Waals surface area contributed by atoms with Gasteiger partial charge in [0.25, 0.3) is 0 Å². The van der Waals surface area contributed by atoms with E-state index in [4.69, 9.17) is 0 Å². The van der Waals surface area contributed by atoms with Crippen molar-refractivity contribution in [3.05, 3.63) is 182 Å². The van der Waals surface area contributed by atoms with Crippen LogP contribution in [0.2, 0.25) is 0 Å². The Bertz CT molecular complexity index is 3130. The number of anilines is 3. The van der Waals surface area contributed by atoms with Crippen LogP contribution in [-0.2, 0) is 0 Å². The number of thiophene rings is 1. The summed E-state index contributed by atoms with van der Waals surface area (Å²) in [6.07, 6.45) is 0. The average molecular weight is 667 g/mol.